The van der Waals surface area contributed by atoms with Gasteiger partial charge < -0.3 is 19.7 Å². The fraction of sp³-hybridized carbons (Fsp3) is 0.278. The van der Waals surface area contributed by atoms with E-state index in [4.69, 9.17) is 9.47 Å². The third-order valence-electron chi connectivity index (χ3n) is 3.59. The van der Waals surface area contributed by atoms with Gasteiger partial charge in [0.1, 0.15) is 5.75 Å². The normalized spacial score (nSPS) is 11.7. The number of carboxylic acids is 1. The summed E-state index contributed by atoms with van der Waals surface area (Å²) < 4.78 is 10.9. The smallest absolute Gasteiger partial charge is 0.311 e. The lowest BCUT2D eigenvalue weighted by molar-refractivity contribution is -0.138. The number of aliphatic carboxylic acids is 1. The molecule has 0 aliphatic rings. The van der Waals surface area contributed by atoms with Gasteiger partial charge in [0.25, 0.3) is 0 Å². The Hall–Kier alpha value is -2.69. The van der Waals surface area contributed by atoms with E-state index in [1.54, 1.807) is 25.3 Å². The van der Waals surface area contributed by atoms with Crippen LogP contribution in [0.2, 0.25) is 0 Å². The van der Waals surface area contributed by atoms with Gasteiger partial charge in [-0.2, -0.15) is 0 Å². The summed E-state index contributed by atoms with van der Waals surface area (Å²) in [6, 6.07) is 11.6. The average molecular weight is 316 g/mol. The van der Waals surface area contributed by atoms with Crippen molar-refractivity contribution in [2.75, 3.05) is 13.7 Å². The number of methoxy groups -OCH3 is 1. The molecule has 0 aliphatic heterocycles. The Kier molecular flexibility index (Phi) is 5.46. The first-order valence-corrected chi connectivity index (χ1v) is 7.37. The fourth-order valence-electron chi connectivity index (χ4n) is 2.47. The lowest BCUT2D eigenvalue weighted by Gasteiger charge is -2.18. The molecule has 0 aromatic heterocycles. The van der Waals surface area contributed by atoms with Crippen LogP contribution in [0.15, 0.2) is 42.5 Å². The molecule has 122 valence electrons. The number of carboxylic acid groups (broad SMARTS) is 1. The van der Waals surface area contributed by atoms with Gasteiger partial charge >= 0.3 is 5.97 Å². The second kappa shape index (κ2) is 7.54. The lowest BCUT2D eigenvalue weighted by atomic mass is 9.91. The summed E-state index contributed by atoms with van der Waals surface area (Å²) in [5.74, 6) is -0.404. The van der Waals surface area contributed by atoms with Crippen molar-refractivity contribution in [3.05, 3.63) is 53.6 Å². The van der Waals surface area contributed by atoms with Crippen LogP contribution >= 0.6 is 0 Å². The minimum atomic E-state index is -0.930. The molecule has 2 rings (SSSR count). The first-order valence-electron chi connectivity index (χ1n) is 7.37. The predicted octanol–water partition coefficient (Wildman–Crippen LogP) is 3.21. The van der Waals surface area contributed by atoms with Crippen LogP contribution < -0.4 is 9.47 Å². The summed E-state index contributed by atoms with van der Waals surface area (Å²) in [5.41, 5.74) is 1.40. The molecule has 2 aromatic carbocycles. The summed E-state index contributed by atoms with van der Waals surface area (Å²) in [6.45, 7) is 2.33. The van der Waals surface area contributed by atoms with Crippen LogP contribution in [0.5, 0.6) is 17.2 Å². The number of para-hydroxylation sites is 1. The van der Waals surface area contributed by atoms with E-state index in [0.717, 1.165) is 5.56 Å². The number of benzene rings is 2. The quantitative estimate of drug-likeness (QED) is 0.820. The Labute approximate surface area is 135 Å². The van der Waals surface area contributed by atoms with Gasteiger partial charge in [0.2, 0.25) is 0 Å². The summed E-state index contributed by atoms with van der Waals surface area (Å²) in [5, 5.41) is 18.9. The minimum absolute atomic E-state index is 0.106. The highest BCUT2D eigenvalue weighted by Gasteiger charge is 2.23. The van der Waals surface area contributed by atoms with Crippen molar-refractivity contribution < 1.29 is 24.5 Å². The molecule has 23 heavy (non-hydrogen) atoms. The van der Waals surface area contributed by atoms with Crippen molar-refractivity contribution in [3.63, 3.8) is 0 Å². The zero-order valence-corrected chi connectivity index (χ0v) is 13.2. The number of phenols is 1. The van der Waals surface area contributed by atoms with Crippen molar-refractivity contribution in [3.8, 4) is 17.2 Å². The number of hydrogen-bond donors (Lipinski definition) is 2. The molecular weight excluding hydrogens is 296 g/mol. The van der Waals surface area contributed by atoms with Gasteiger partial charge in [-0.05, 0) is 42.7 Å². The number of phenolic OH excluding ortho intramolecular Hbond substituents is 1. The van der Waals surface area contributed by atoms with Gasteiger partial charge in [-0.3, -0.25) is 4.79 Å². The van der Waals surface area contributed by atoms with E-state index in [0.29, 0.717) is 23.7 Å². The first-order chi connectivity index (χ1) is 11.1. The molecule has 0 saturated heterocycles. The van der Waals surface area contributed by atoms with Crippen LogP contribution in [-0.2, 0) is 11.2 Å². The number of hydrogen-bond acceptors (Lipinski definition) is 4. The van der Waals surface area contributed by atoms with Gasteiger partial charge in [0, 0.05) is 0 Å². The molecule has 2 aromatic rings. The van der Waals surface area contributed by atoms with Crippen LogP contribution in [-0.4, -0.2) is 29.9 Å². The molecule has 5 heteroatoms. The van der Waals surface area contributed by atoms with Gasteiger partial charge in [-0.15, -0.1) is 0 Å². The first kappa shape index (κ1) is 16.7. The zero-order valence-electron chi connectivity index (χ0n) is 13.2. The summed E-state index contributed by atoms with van der Waals surface area (Å²) in [7, 11) is 1.55. The Morgan fingerprint density at radius 2 is 1.87 bits per heavy atom. The van der Waals surface area contributed by atoms with Crippen molar-refractivity contribution in [1.29, 1.82) is 0 Å². The molecule has 0 aliphatic carbocycles. The van der Waals surface area contributed by atoms with Crippen LogP contribution in [0.4, 0.5) is 0 Å². The van der Waals surface area contributed by atoms with E-state index >= 15 is 0 Å². The van der Waals surface area contributed by atoms with E-state index < -0.39 is 11.9 Å². The van der Waals surface area contributed by atoms with E-state index in [9.17, 15) is 15.0 Å². The third kappa shape index (κ3) is 3.94. The highest BCUT2D eigenvalue weighted by Crippen LogP contribution is 2.34. The SMILES string of the molecule is CCOc1c(CC(C(=O)O)c2ccc(O)cc2)cccc1OC. The number of carbonyl (C=O) groups is 1. The predicted molar refractivity (Wildman–Crippen MR) is 86.4 cm³/mol. The molecule has 0 fully saturated rings. The summed E-state index contributed by atoms with van der Waals surface area (Å²) in [4.78, 5) is 11.7. The zero-order chi connectivity index (χ0) is 16.8. The maximum absolute atomic E-state index is 11.7. The number of ether oxygens (including phenoxy) is 2. The molecule has 1 unspecified atom stereocenters. The molecule has 0 amide bonds. The van der Waals surface area contributed by atoms with E-state index in [2.05, 4.69) is 0 Å². The second-order valence-corrected chi connectivity index (χ2v) is 5.07. The Morgan fingerprint density at radius 3 is 2.43 bits per heavy atom. The van der Waals surface area contributed by atoms with Gasteiger partial charge in [-0.25, -0.2) is 0 Å². The van der Waals surface area contributed by atoms with E-state index in [1.807, 2.05) is 19.1 Å². The maximum atomic E-state index is 11.7. The van der Waals surface area contributed by atoms with Gasteiger partial charge in [-0.1, -0.05) is 24.3 Å². The molecule has 0 bridgehead atoms. The van der Waals surface area contributed by atoms with Crippen molar-refractivity contribution in [2.24, 2.45) is 0 Å². The molecule has 0 spiro atoms. The maximum Gasteiger partial charge on any atom is 0.311 e. The van der Waals surface area contributed by atoms with Crippen LogP contribution in [0.25, 0.3) is 0 Å². The van der Waals surface area contributed by atoms with Crippen molar-refractivity contribution in [2.45, 2.75) is 19.3 Å². The standard InChI is InChI=1S/C18H20O5/c1-3-23-17-13(5-4-6-16(17)22-2)11-15(18(20)21)12-7-9-14(19)10-8-12/h4-10,15,19H,3,11H2,1-2H3,(H,20,21). The second-order valence-electron chi connectivity index (χ2n) is 5.07. The molecule has 2 N–H and O–H groups in total. The van der Waals surface area contributed by atoms with Crippen molar-refractivity contribution in [1.82, 2.24) is 0 Å². The largest absolute Gasteiger partial charge is 0.508 e. The molecule has 0 radical (unpaired) electrons. The lowest BCUT2D eigenvalue weighted by Crippen LogP contribution is -2.15. The highest BCUT2D eigenvalue weighted by atomic mass is 16.5. The average Bonchev–Trinajstić information content (AvgIpc) is 2.54. The molecule has 1 atom stereocenters. The number of rotatable bonds is 7. The van der Waals surface area contributed by atoms with Crippen LogP contribution in [0.1, 0.15) is 24.0 Å². The highest BCUT2D eigenvalue weighted by molar-refractivity contribution is 5.77. The van der Waals surface area contributed by atoms with Crippen LogP contribution in [0, 0.1) is 0 Å². The minimum Gasteiger partial charge on any atom is -0.508 e. The molecule has 0 heterocycles. The Balaban J connectivity index is 2.37. The molecule has 0 saturated carbocycles. The Bertz CT molecular complexity index is 664. The molecular formula is C18H20O5. The van der Waals surface area contributed by atoms with E-state index in [-0.39, 0.29) is 12.2 Å². The summed E-state index contributed by atoms with van der Waals surface area (Å²) >= 11 is 0. The van der Waals surface area contributed by atoms with Gasteiger partial charge in [0.05, 0.1) is 19.6 Å². The van der Waals surface area contributed by atoms with Crippen LogP contribution in [0.3, 0.4) is 0 Å². The fourth-order valence-corrected chi connectivity index (χ4v) is 2.47. The monoisotopic (exact) mass is 316 g/mol. The number of aromatic hydroxyl groups is 1. The summed E-state index contributed by atoms with van der Waals surface area (Å²) in [6.07, 6.45) is 0.270. The van der Waals surface area contributed by atoms with Crippen molar-refractivity contribution >= 4 is 5.97 Å². The topological polar surface area (TPSA) is 76.0 Å². The Morgan fingerprint density at radius 1 is 1.17 bits per heavy atom. The van der Waals surface area contributed by atoms with E-state index in [1.165, 1.54) is 12.1 Å². The molecule has 5 nitrogen and oxygen atoms in total. The van der Waals surface area contributed by atoms with Gasteiger partial charge in [0.15, 0.2) is 11.5 Å². The third-order valence-corrected chi connectivity index (χ3v) is 3.59.